The van der Waals surface area contributed by atoms with Gasteiger partial charge in [0.2, 0.25) is 5.91 Å². The molecule has 2 amide bonds. The van der Waals surface area contributed by atoms with E-state index in [4.69, 9.17) is 4.74 Å². The lowest BCUT2D eigenvalue weighted by Gasteiger charge is -2.20. The third-order valence-corrected chi connectivity index (χ3v) is 4.77. The molecule has 0 aliphatic heterocycles. The SMILES string of the molecule is CCN(C(=O)COC(=O)CNC(=O)Cc1cccc2ccccc12)c1ccc(F)cc1. The van der Waals surface area contributed by atoms with Crippen molar-refractivity contribution in [2.24, 2.45) is 0 Å². The van der Waals surface area contributed by atoms with E-state index >= 15 is 0 Å². The predicted octanol–water partition coefficient (Wildman–Crippen LogP) is 3.23. The monoisotopic (exact) mass is 422 g/mol. The molecule has 0 aromatic heterocycles. The summed E-state index contributed by atoms with van der Waals surface area (Å²) in [6, 6.07) is 18.9. The summed E-state index contributed by atoms with van der Waals surface area (Å²) >= 11 is 0. The van der Waals surface area contributed by atoms with Gasteiger partial charge in [0.25, 0.3) is 5.91 Å². The van der Waals surface area contributed by atoms with Crippen molar-refractivity contribution in [2.75, 3.05) is 24.6 Å². The molecule has 0 atom stereocenters. The van der Waals surface area contributed by atoms with Crippen molar-refractivity contribution in [3.63, 3.8) is 0 Å². The van der Waals surface area contributed by atoms with Crippen LogP contribution in [0.25, 0.3) is 10.8 Å². The smallest absolute Gasteiger partial charge is 0.325 e. The predicted molar refractivity (Wildman–Crippen MR) is 116 cm³/mol. The van der Waals surface area contributed by atoms with Gasteiger partial charge in [-0.05, 0) is 47.5 Å². The highest BCUT2D eigenvalue weighted by molar-refractivity contribution is 5.95. The van der Waals surface area contributed by atoms with Crippen LogP contribution < -0.4 is 10.2 Å². The Morgan fingerprint density at radius 3 is 2.42 bits per heavy atom. The average Bonchev–Trinajstić information content (AvgIpc) is 2.78. The van der Waals surface area contributed by atoms with Crippen LogP contribution in [0.5, 0.6) is 0 Å². The van der Waals surface area contributed by atoms with Gasteiger partial charge < -0.3 is 15.0 Å². The molecule has 0 saturated carbocycles. The number of nitrogens with zero attached hydrogens (tertiary/aromatic N) is 1. The van der Waals surface area contributed by atoms with E-state index in [0.29, 0.717) is 12.2 Å². The molecule has 31 heavy (non-hydrogen) atoms. The van der Waals surface area contributed by atoms with Crippen molar-refractivity contribution in [1.29, 1.82) is 0 Å². The van der Waals surface area contributed by atoms with Crippen molar-refractivity contribution in [3.05, 3.63) is 78.1 Å². The van der Waals surface area contributed by atoms with Gasteiger partial charge in [-0.1, -0.05) is 42.5 Å². The molecule has 3 aromatic rings. The Bertz CT molecular complexity index is 1080. The molecule has 0 fully saturated rings. The van der Waals surface area contributed by atoms with E-state index in [0.717, 1.165) is 16.3 Å². The van der Waals surface area contributed by atoms with Crippen LogP contribution in [0.3, 0.4) is 0 Å². The Balaban J connectivity index is 1.47. The fourth-order valence-electron chi connectivity index (χ4n) is 3.25. The van der Waals surface area contributed by atoms with Crippen LogP contribution in [-0.2, 0) is 25.5 Å². The summed E-state index contributed by atoms with van der Waals surface area (Å²) in [6.07, 6.45) is 0.127. The number of hydrogen-bond donors (Lipinski definition) is 1. The third kappa shape index (κ3) is 5.88. The molecule has 3 aromatic carbocycles. The van der Waals surface area contributed by atoms with Crippen LogP contribution in [0.2, 0.25) is 0 Å². The first kappa shape index (κ1) is 22.0. The Morgan fingerprint density at radius 1 is 0.968 bits per heavy atom. The largest absolute Gasteiger partial charge is 0.454 e. The molecule has 0 heterocycles. The molecule has 6 nitrogen and oxygen atoms in total. The maximum atomic E-state index is 13.1. The number of benzene rings is 3. The molecule has 0 aliphatic rings. The van der Waals surface area contributed by atoms with Crippen LogP contribution in [0.1, 0.15) is 12.5 Å². The minimum atomic E-state index is -0.713. The lowest BCUT2D eigenvalue weighted by molar-refractivity contribution is -0.147. The Labute approximate surface area is 179 Å². The van der Waals surface area contributed by atoms with Crippen LogP contribution in [0, 0.1) is 5.82 Å². The number of fused-ring (bicyclic) bond motifs is 1. The molecule has 0 spiro atoms. The number of carbonyl (C=O) groups excluding carboxylic acids is 3. The molecule has 0 bridgehead atoms. The molecule has 160 valence electrons. The molecule has 3 rings (SSSR count). The van der Waals surface area contributed by atoms with Gasteiger partial charge in [0.05, 0.1) is 6.42 Å². The number of rotatable bonds is 8. The van der Waals surface area contributed by atoms with Crippen LogP contribution >= 0.6 is 0 Å². The maximum Gasteiger partial charge on any atom is 0.325 e. The van der Waals surface area contributed by atoms with Crippen LogP contribution in [-0.4, -0.2) is 37.5 Å². The van der Waals surface area contributed by atoms with E-state index in [9.17, 15) is 18.8 Å². The topological polar surface area (TPSA) is 75.7 Å². The van der Waals surface area contributed by atoms with E-state index < -0.39 is 24.3 Å². The Morgan fingerprint density at radius 2 is 1.68 bits per heavy atom. The molecular weight excluding hydrogens is 399 g/mol. The van der Waals surface area contributed by atoms with Crippen LogP contribution in [0.4, 0.5) is 10.1 Å². The summed E-state index contributed by atoms with van der Waals surface area (Å²) < 4.78 is 18.1. The lowest BCUT2D eigenvalue weighted by Crippen LogP contribution is -2.37. The van der Waals surface area contributed by atoms with Crippen molar-refractivity contribution >= 4 is 34.2 Å². The summed E-state index contributed by atoms with van der Waals surface area (Å²) in [7, 11) is 0. The minimum Gasteiger partial charge on any atom is -0.454 e. The van der Waals surface area contributed by atoms with E-state index in [1.807, 2.05) is 42.5 Å². The van der Waals surface area contributed by atoms with E-state index in [-0.39, 0.29) is 18.9 Å². The standard InChI is InChI=1S/C24H23FN2O4/c1-2-27(20-12-10-19(25)11-13-20)23(29)16-31-24(30)15-26-22(28)14-18-8-5-7-17-6-3-4-9-21(17)18/h3-13H,2,14-16H2,1H3,(H,26,28). The molecule has 0 unspecified atom stereocenters. The molecular formula is C24H23FN2O4. The number of anilines is 1. The van der Waals surface area contributed by atoms with Crippen molar-refractivity contribution in [1.82, 2.24) is 5.32 Å². The van der Waals surface area contributed by atoms with E-state index in [1.165, 1.54) is 29.2 Å². The van der Waals surface area contributed by atoms with Gasteiger partial charge in [0.15, 0.2) is 6.61 Å². The first-order chi connectivity index (χ1) is 15.0. The minimum absolute atomic E-state index is 0.127. The number of nitrogens with one attached hydrogen (secondary N) is 1. The fraction of sp³-hybridized carbons (Fsp3) is 0.208. The summed E-state index contributed by atoms with van der Waals surface area (Å²) in [5.41, 5.74) is 1.37. The fourth-order valence-corrected chi connectivity index (χ4v) is 3.25. The third-order valence-electron chi connectivity index (χ3n) is 4.77. The zero-order chi connectivity index (χ0) is 22.2. The number of amides is 2. The van der Waals surface area contributed by atoms with Gasteiger partial charge in [0.1, 0.15) is 12.4 Å². The first-order valence-corrected chi connectivity index (χ1v) is 9.93. The maximum absolute atomic E-state index is 13.1. The van der Waals surface area contributed by atoms with Gasteiger partial charge in [0, 0.05) is 12.2 Å². The second-order valence-electron chi connectivity index (χ2n) is 6.87. The summed E-state index contributed by atoms with van der Waals surface area (Å²) in [4.78, 5) is 37.9. The first-order valence-electron chi connectivity index (χ1n) is 9.93. The van der Waals surface area contributed by atoms with Crippen LogP contribution in [0.15, 0.2) is 66.7 Å². The summed E-state index contributed by atoms with van der Waals surface area (Å²) in [5.74, 6) is -1.88. The van der Waals surface area contributed by atoms with E-state index in [1.54, 1.807) is 6.92 Å². The van der Waals surface area contributed by atoms with Gasteiger partial charge in [-0.15, -0.1) is 0 Å². The Kier molecular flexibility index (Phi) is 7.32. The van der Waals surface area contributed by atoms with Gasteiger partial charge in [-0.2, -0.15) is 0 Å². The van der Waals surface area contributed by atoms with Gasteiger partial charge >= 0.3 is 5.97 Å². The number of carbonyl (C=O) groups is 3. The van der Waals surface area contributed by atoms with E-state index in [2.05, 4.69) is 5.32 Å². The highest BCUT2D eigenvalue weighted by atomic mass is 19.1. The zero-order valence-electron chi connectivity index (χ0n) is 17.1. The normalized spacial score (nSPS) is 10.5. The highest BCUT2D eigenvalue weighted by Crippen LogP contribution is 2.19. The second kappa shape index (κ2) is 10.3. The molecule has 7 heteroatoms. The van der Waals surface area contributed by atoms with Gasteiger partial charge in [-0.3, -0.25) is 14.4 Å². The number of esters is 1. The molecule has 0 saturated heterocycles. The van der Waals surface area contributed by atoms with Crippen molar-refractivity contribution in [2.45, 2.75) is 13.3 Å². The molecule has 1 N–H and O–H groups in total. The Hall–Kier alpha value is -3.74. The lowest BCUT2D eigenvalue weighted by atomic mass is 10.0. The quantitative estimate of drug-likeness (QED) is 0.566. The van der Waals surface area contributed by atoms with Crippen molar-refractivity contribution in [3.8, 4) is 0 Å². The van der Waals surface area contributed by atoms with Gasteiger partial charge in [-0.25, -0.2) is 4.39 Å². The number of halogens is 1. The number of ether oxygens (including phenoxy) is 1. The number of likely N-dealkylation sites (N-methyl/N-ethyl adjacent to an activating group) is 1. The van der Waals surface area contributed by atoms with Crippen molar-refractivity contribution < 1.29 is 23.5 Å². The molecule has 0 radical (unpaired) electrons. The molecule has 0 aliphatic carbocycles. The average molecular weight is 422 g/mol. The second-order valence-corrected chi connectivity index (χ2v) is 6.87. The highest BCUT2D eigenvalue weighted by Gasteiger charge is 2.17. The number of hydrogen-bond acceptors (Lipinski definition) is 4. The summed E-state index contributed by atoms with van der Waals surface area (Å²) in [5, 5.41) is 4.54. The summed E-state index contributed by atoms with van der Waals surface area (Å²) in [6.45, 7) is 1.29. The zero-order valence-corrected chi connectivity index (χ0v) is 17.1.